The normalized spacial score (nSPS) is 19.2. The quantitative estimate of drug-likeness (QED) is 0.904. The Bertz CT molecular complexity index is 482. The zero-order valence-corrected chi connectivity index (χ0v) is 10.7. The fraction of sp³-hybridized carbons (Fsp3) is 0.417. The van der Waals surface area contributed by atoms with E-state index in [2.05, 4.69) is 20.4 Å². The molecule has 0 bridgehead atoms. The van der Waals surface area contributed by atoms with Crippen molar-refractivity contribution in [1.82, 2.24) is 20.4 Å². The van der Waals surface area contributed by atoms with Crippen molar-refractivity contribution < 1.29 is 4.52 Å². The van der Waals surface area contributed by atoms with Crippen LogP contribution < -0.4 is 5.32 Å². The van der Waals surface area contributed by atoms with Gasteiger partial charge >= 0.3 is 0 Å². The minimum atomic E-state index is 0. The third-order valence-corrected chi connectivity index (χ3v) is 2.99. The largest absolute Gasteiger partial charge is 0.337 e. The maximum atomic E-state index is 5.31. The fourth-order valence-corrected chi connectivity index (χ4v) is 2.06. The highest BCUT2D eigenvalue weighted by atomic mass is 35.5. The SMILES string of the molecule is Cl.c1cc(-c2noc([C@@H]3CCCCN3)n2)ccn1. The molecule has 2 aromatic rings. The molecule has 18 heavy (non-hydrogen) atoms. The molecule has 96 valence electrons. The van der Waals surface area contributed by atoms with Gasteiger partial charge in [0.25, 0.3) is 0 Å². The van der Waals surface area contributed by atoms with Crippen LogP contribution in [-0.2, 0) is 0 Å². The van der Waals surface area contributed by atoms with Gasteiger partial charge in [0.15, 0.2) is 0 Å². The molecule has 1 fully saturated rings. The topological polar surface area (TPSA) is 63.8 Å². The van der Waals surface area contributed by atoms with Crippen molar-refractivity contribution >= 4 is 12.4 Å². The molecule has 0 aliphatic carbocycles. The number of rotatable bonds is 2. The standard InChI is InChI=1S/C12H14N4O.ClH/c1-2-6-14-10(3-1)12-15-11(16-17-12)9-4-7-13-8-5-9;/h4-5,7-8,10,14H,1-3,6H2;1H/t10-;/m0./s1. The first kappa shape index (κ1) is 13.0. The maximum Gasteiger partial charge on any atom is 0.244 e. The highest BCUT2D eigenvalue weighted by Gasteiger charge is 2.21. The van der Waals surface area contributed by atoms with Crippen LogP contribution in [-0.4, -0.2) is 21.7 Å². The van der Waals surface area contributed by atoms with Gasteiger partial charge in [-0.1, -0.05) is 11.6 Å². The molecular weight excluding hydrogens is 252 g/mol. The van der Waals surface area contributed by atoms with Crippen molar-refractivity contribution in [2.45, 2.75) is 25.3 Å². The van der Waals surface area contributed by atoms with Gasteiger partial charge in [-0.15, -0.1) is 12.4 Å². The van der Waals surface area contributed by atoms with E-state index < -0.39 is 0 Å². The van der Waals surface area contributed by atoms with Crippen molar-refractivity contribution in [2.24, 2.45) is 0 Å². The predicted octanol–water partition coefficient (Wildman–Crippen LogP) is 2.37. The Balaban J connectivity index is 0.00000120. The Labute approximate surface area is 111 Å². The second-order valence-corrected chi connectivity index (χ2v) is 4.19. The lowest BCUT2D eigenvalue weighted by molar-refractivity contribution is 0.297. The summed E-state index contributed by atoms with van der Waals surface area (Å²) in [5.41, 5.74) is 0.936. The molecule has 0 spiro atoms. The van der Waals surface area contributed by atoms with Crippen LogP contribution in [0.3, 0.4) is 0 Å². The average molecular weight is 267 g/mol. The third kappa shape index (κ3) is 2.68. The Morgan fingerprint density at radius 2 is 2.06 bits per heavy atom. The molecule has 1 aliphatic heterocycles. The Morgan fingerprint density at radius 1 is 1.22 bits per heavy atom. The molecule has 0 aromatic carbocycles. The lowest BCUT2D eigenvalue weighted by Gasteiger charge is -2.19. The van der Waals surface area contributed by atoms with Gasteiger partial charge < -0.3 is 9.84 Å². The zero-order chi connectivity index (χ0) is 11.5. The Hall–Kier alpha value is -1.46. The number of nitrogens with zero attached hydrogens (tertiary/aromatic N) is 3. The van der Waals surface area contributed by atoms with E-state index in [9.17, 15) is 0 Å². The van der Waals surface area contributed by atoms with Gasteiger partial charge in [0, 0.05) is 18.0 Å². The lowest BCUT2D eigenvalue weighted by Crippen LogP contribution is -2.26. The number of hydrogen-bond acceptors (Lipinski definition) is 5. The smallest absolute Gasteiger partial charge is 0.244 e. The number of aromatic nitrogens is 3. The van der Waals surface area contributed by atoms with Crippen LogP contribution in [0, 0.1) is 0 Å². The molecular formula is C12H15ClN4O. The molecule has 3 rings (SSSR count). The molecule has 2 aromatic heterocycles. The molecule has 0 amide bonds. The molecule has 0 unspecified atom stereocenters. The molecule has 3 heterocycles. The van der Waals surface area contributed by atoms with Crippen molar-refractivity contribution in [3.63, 3.8) is 0 Å². The van der Waals surface area contributed by atoms with Crippen LogP contribution in [0.25, 0.3) is 11.4 Å². The predicted molar refractivity (Wildman–Crippen MR) is 69.4 cm³/mol. The van der Waals surface area contributed by atoms with E-state index >= 15 is 0 Å². The molecule has 0 radical (unpaired) electrons. The van der Waals surface area contributed by atoms with E-state index in [0.29, 0.717) is 11.7 Å². The summed E-state index contributed by atoms with van der Waals surface area (Å²) in [4.78, 5) is 8.41. The van der Waals surface area contributed by atoms with Crippen molar-refractivity contribution in [1.29, 1.82) is 0 Å². The first-order chi connectivity index (χ1) is 8.43. The molecule has 1 aliphatic rings. The maximum absolute atomic E-state index is 5.31. The summed E-state index contributed by atoms with van der Waals surface area (Å²) < 4.78 is 5.31. The minimum absolute atomic E-state index is 0. The number of hydrogen-bond donors (Lipinski definition) is 1. The molecule has 1 atom stereocenters. The van der Waals surface area contributed by atoms with Gasteiger partial charge in [-0.3, -0.25) is 4.98 Å². The summed E-state index contributed by atoms with van der Waals surface area (Å²) in [6, 6.07) is 3.97. The third-order valence-electron chi connectivity index (χ3n) is 2.99. The number of halogens is 1. The first-order valence-corrected chi connectivity index (χ1v) is 5.91. The van der Waals surface area contributed by atoms with E-state index in [1.807, 2.05) is 12.1 Å². The second kappa shape index (κ2) is 5.93. The summed E-state index contributed by atoms with van der Waals surface area (Å²) in [6.45, 7) is 1.03. The van der Waals surface area contributed by atoms with Gasteiger partial charge in [-0.25, -0.2) is 0 Å². The van der Waals surface area contributed by atoms with E-state index in [0.717, 1.165) is 18.5 Å². The number of nitrogens with one attached hydrogen (secondary N) is 1. The van der Waals surface area contributed by atoms with Crippen LogP contribution in [0.5, 0.6) is 0 Å². The van der Waals surface area contributed by atoms with Gasteiger partial charge in [0.05, 0.1) is 6.04 Å². The van der Waals surface area contributed by atoms with E-state index in [-0.39, 0.29) is 18.4 Å². The highest BCUT2D eigenvalue weighted by Crippen LogP contribution is 2.23. The summed E-state index contributed by atoms with van der Waals surface area (Å²) in [5, 5.41) is 7.40. The molecule has 0 saturated carbocycles. The van der Waals surface area contributed by atoms with Crippen molar-refractivity contribution in [3.8, 4) is 11.4 Å². The van der Waals surface area contributed by atoms with E-state index in [4.69, 9.17) is 4.52 Å². The molecule has 1 saturated heterocycles. The summed E-state index contributed by atoms with van der Waals surface area (Å²) in [5.74, 6) is 1.33. The highest BCUT2D eigenvalue weighted by molar-refractivity contribution is 5.85. The summed E-state index contributed by atoms with van der Waals surface area (Å²) >= 11 is 0. The van der Waals surface area contributed by atoms with Gasteiger partial charge in [0.2, 0.25) is 11.7 Å². The van der Waals surface area contributed by atoms with E-state index in [1.165, 1.54) is 12.8 Å². The van der Waals surface area contributed by atoms with Crippen LogP contribution in [0.2, 0.25) is 0 Å². The summed E-state index contributed by atoms with van der Waals surface area (Å²) in [6.07, 6.45) is 6.96. The van der Waals surface area contributed by atoms with Crippen LogP contribution in [0.15, 0.2) is 29.0 Å². The van der Waals surface area contributed by atoms with Crippen LogP contribution >= 0.6 is 12.4 Å². The zero-order valence-electron chi connectivity index (χ0n) is 9.87. The van der Waals surface area contributed by atoms with Gasteiger partial charge in [-0.05, 0) is 31.5 Å². The van der Waals surface area contributed by atoms with Crippen molar-refractivity contribution in [2.75, 3.05) is 6.54 Å². The molecule has 1 N–H and O–H groups in total. The van der Waals surface area contributed by atoms with Gasteiger partial charge in [0.1, 0.15) is 0 Å². The van der Waals surface area contributed by atoms with Crippen molar-refractivity contribution in [3.05, 3.63) is 30.4 Å². The monoisotopic (exact) mass is 266 g/mol. The molecule has 5 nitrogen and oxygen atoms in total. The molecule has 6 heteroatoms. The second-order valence-electron chi connectivity index (χ2n) is 4.19. The number of piperidine rings is 1. The lowest BCUT2D eigenvalue weighted by atomic mass is 10.1. The Kier molecular flexibility index (Phi) is 4.28. The van der Waals surface area contributed by atoms with Crippen LogP contribution in [0.4, 0.5) is 0 Å². The van der Waals surface area contributed by atoms with Gasteiger partial charge in [-0.2, -0.15) is 4.98 Å². The van der Waals surface area contributed by atoms with Crippen LogP contribution in [0.1, 0.15) is 31.2 Å². The first-order valence-electron chi connectivity index (χ1n) is 5.91. The van der Waals surface area contributed by atoms with E-state index in [1.54, 1.807) is 12.4 Å². The Morgan fingerprint density at radius 3 is 2.78 bits per heavy atom. The summed E-state index contributed by atoms with van der Waals surface area (Å²) in [7, 11) is 0. The minimum Gasteiger partial charge on any atom is -0.337 e. The average Bonchev–Trinajstić information content (AvgIpc) is 2.90. The number of pyridine rings is 1. The fourth-order valence-electron chi connectivity index (χ4n) is 2.06.